The summed E-state index contributed by atoms with van der Waals surface area (Å²) >= 11 is 0. The number of alkyl halides is 3. The highest BCUT2D eigenvalue weighted by molar-refractivity contribution is 5.71. The molecule has 0 radical (unpaired) electrons. The summed E-state index contributed by atoms with van der Waals surface area (Å²) in [6.07, 6.45) is -9.78. The molecule has 0 amide bonds. The van der Waals surface area contributed by atoms with E-state index in [1.165, 1.54) is 0 Å². The van der Waals surface area contributed by atoms with Crippen LogP contribution >= 0.6 is 0 Å². The van der Waals surface area contributed by atoms with Crippen LogP contribution in [0.15, 0.2) is 23.3 Å². The maximum Gasteiger partial charge on any atom is 0.447 e. The van der Waals surface area contributed by atoms with Crippen LogP contribution < -0.4 is 5.56 Å². The van der Waals surface area contributed by atoms with Gasteiger partial charge in [-0.1, -0.05) is 0 Å². The Morgan fingerprint density at radius 2 is 1.61 bits per heavy atom. The van der Waals surface area contributed by atoms with Crippen LogP contribution in [0.1, 0.15) is 27.0 Å². The van der Waals surface area contributed by atoms with E-state index < -0.39 is 78.1 Å². The lowest BCUT2D eigenvalue weighted by Gasteiger charge is -2.23. The molecule has 0 spiro atoms. The molecule has 0 aliphatic carbocycles. The van der Waals surface area contributed by atoms with Crippen molar-refractivity contribution in [1.29, 1.82) is 0 Å². The number of imidazole rings is 1. The molecule has 17 heteroatoms. The minimum Gasteiger partial charge on any atom is -0.463 e. The maximum atomic E-state index is 14.0. The Labute approximate surface area is 197 Å². The number of hydrogen-bond donors (Lipinski definition) is 0. The molecular formula is C19H17F5N4O8. The van der Waals surface area contributed by atoms with Crippen LogP contribution in [-0.4, -0.2) is 68.1 Å². The van der Waals surface area contributed by atoms with E-state index in [2.05, 4.69) is 9.97 Å². The zero-order chi connectivity index (χ0) is 26.9. The number of ether oxygens (including phenoxy) is 4. The zero-order valence-corrected chi connectivity index (χ0v) is 18.6. The molecule has 1 saturated heterocycles. The van der Waals surface area contributed by atoms with E-state index in [-0.39, 0.29) is 10.2 Å². The minimum absolute atomic E-state index is 0.291. The number of aromatic nitrogens is 4. The van der Waals surface area contributed by atoms with E-state index in [1.807, 2.05) is 0 Å². The standard InChI is InChI=1S/C19H17F5N4O8/c1-7(29)33-4-10-12(34-8(2)30)13(35-9(3)31)18(36-10)28-5-25-11-16(28)26-6-27(17(11)32)15(21)14(20)19(22,23)24/h5-6,10,12-13,18H,4H2,1-3H3/b15-14-/t10-,12-,13-,18-/m1/s1. The van der Waals surface area contributed by atoms with Crippen molar-refractivity contribution >= 4 is 35.0 Å². The lowest BCUT2D eigenvalue weighted by Crippen LogP contribution is -2.40. The van der Waals surface area contributed by atoms with Gasteiger partial charge in [-0.2, -0.15) is 22.0 Å². The van der Waals surface area contributed by atoms with Gasteiger partial charge in [0.05, 0.1) is 6.33 Å². The molecule has 4 atom stereocenters. The molecule has 36 heavy (non-hydrogen) atoms. The smallest absolute Gasteiger partial charge is 0.447 e. The molecule has 0 aromatic carbocycles. The Morgan fingerprint density at radius 3 is 2.17 bits per heavy atom. The van der Waals surface area contributed by atoms with Gasteiger partial charge in [-0.25, -0.2) is 14.5 Å². The average molecular weight is 524 g/mol. The van der Waals surface area contributed by atoms with Crippen LogP contribution in [0.4, 0.5) is 22.0 Å². The van der Waals surface area contributed by atoms with Crippen LogP contribution in [0.25, 0.3) is 17.1 Å². The number of carbonyl (C=O) groups excluding carboxylic acids is 3. The van der Waals surface area contributed by atoms with Crippen molar-refractivity contribution in [3.05, 3.63) is 28.8 Å². The number of allylic oxidation sites excluding steroid dienone is 1. The number of carbonyl (C=O) groups is 3. The molecule has 0 bridgehead atoms. The van der Waals surface area contributed by atoms with Crippen LogP contribution in [0, 0.1) is 0 Å². The van der Waals surface area contributed by atoms with Gasteiger partial charge < -0.3 is 18.9 Å². The summed E-state index contributed by atoms with van der Waals surface area (Å²) in [5, 5.41) is 0. The van der Waals surface area contributed by atoms with Crippen molar-refractivity contribution in [1.82, 2.24) is 19.1 Å². The number of halogens is 5. The molecule has 1 aliphatic heterocycles. The number of nitrogens with zero attached hydrogens (tertiary/aromatic N) is 4. The molecule has 196 valence electrons. The van der Waals surface area contributed by atoms with Crippen LogP contribution in [0.3, 0.4) is 0 Å². The summed E-state index contributed by atoms with van der Waals surface area (Å²) in [5.74, 6) is -8.06. The summed E-state index contributed by atoms with van der Waals surface area (Å²) < 4.78 is 86.6. The van der Waals surface area contributed by atoms with Gasteiger partial charge >= 0.3 is 24.1 Å². The lowest BCUT2D eigenvalue weighted by molar-refractivity contribution is -0.166. The first-order chi connectivity index (χ1) is 16.7. The normalized spacial score (nSPS) is 22.8. The fraction of sp³-hybridized carbons (Fsp3) is 0.474. The molecule has 12 nitrogen and oxygen atoms in total. The Balaban J connectivity index is 2.09. The topological polar surface area (TPSA) is 141 Å². The number of fused-ring (bicyclic) bond motifs is 1. The third-order valence-electron chi connectivity index (χ3n) is 4.74. The van der Waals surface area contributed by atoms with Crippen molar-refractivity contribution in [2.24, 2.45) is 0 Å². The summed E-state index contributed by atoms with van der Waals surface area (Å²) in [6, 6.07) is 0. The van der Waals surface area contributed by atoms with Gasteiger partial charge in [-0.3, -0.25) is 23.7 Å². The first kappa shape index (κ1) is 26.7. The monoisotopic (exact) mass is 524 g/mol. The van der Waals surface area contributed by atoms with Gasteiger partial charge in [0, 0.05) is 20.8 Å². The van der Waals surface area contributed by atoms with Crippen LogP contribution in [0.5, 0.6) is 0 Å². The summed E-state index contributed by atoms with van der Waals surface area (Å²) in [4.78, 5) is 54.5. The molecule has 1 fully saturated rings. The fourth-order valence-corrected chi connectivity index (χ4v) is 3.38. The quantitative estimate of drug-likeness (QED) is 0.310. The van der Waals surface area contributed by atoms with Crippen molar-refractivity contribution in [2.45, 2.75) is 51.5 Å². The van der Waals surface area contributed by atoms with Crippen molar-refractivity contribution < 1.29 is 55.3 Å². The summed E-state index contributed by atoms with van der Waals surface area (Å²) in [6.45, 7) is 2.75. The first-order valence-electron chi connectivity index (χ1n) is 9.92. The number of rotatable bonds is 6. The molecule has 0 unspecified atom stereocenters. The van der Waals surface area contributed by atoms with E-state index in [0.29, 0.717) is 6.33 Å². The molecule has 1 aliphatic rings. The highest BCUT2D eigenvalue weighted by Gasteiger charge is 2.51. The molecule has 3 heterocycles. The van der Waals surface area contributed by atoms with Crippen molar-refractivity contribution in [3.63, 3.8) is 0 Å². The van der Waals surface area contributed by atoms with Gasteiger partial charge in [0.15, 0.2) is 29.6 Å². The van der Waals surface area contributed by atoms with E-state index in [0.717, 1.165) is 31.7 Å². The Bertz CT molecular complexity index is 1290. The third-order valence-corrected chi connectivity index (χ3v) is 4.74. The molecule has 2 aromatic heterocycles. The lowest BCUT2D eigenvalue weighted by atomic mass is 10.1. The predicted molar refractivity (Wildman–Crippen MR) is 105 cm³/mol. The van der Waals surface area contributed by atoms with Crippen molar-refractivity contribution in [2.75, 3.05) is 6.61 Å². The molecular weight excluding hydrogens is 507 g/mol. The molecule has 0 saturated carbocycles. The second kappa shape index (κ2) is 10.00. The SMILES string of the molecule is CC(=O)OC[C@H]1O[C@@H](n2cnc3c(=O)n(/C(F)=C(\F)C(F)(F)F)cnc32)[C@H](OC(C)=O)[C@@H]1OC(C)=O. The highest BCUT2D eigenvalue weighted by atomic mass is 19.4. The second-order valence-corrected chi connectivity index (χ2v) is 7.36. The van der Waals surface area contributed by atoms with E-state index >= 15 is 0 Å². The third kappa shape index (κ3) is 5.34. The molecule has 0 N–H and O–H groups in total. The van der Waals surface area contributed by atoms with Gasteiger partial charge in [0.1, 0.15) is 19.0 Å². The minimum atomic E-state index is -5.70. The summed E-state index contributed by atoms with van der Waals surface area (Å²) in [5.41, 5.74) is -2.57. The van der Waals surface area contributed by atoms with E-state index in [4.69, 9.17) is 18.9 Å². The van der Waals surface area contributed by atoms with Gasteiger partial charge in [0.2, 0.25) is 5.95 Å². The Morgan fingerprint density at radius 1 is 1.00 bits per heavy atom. The molecule has 2 aromatic rings. The van der Waals surface area contributed by atoms with Crippen LogP contribution in [0.2, 0.25) is 0 Å². The Kier molecular flexibility index (Phi) is 7.42. The predicted octanol–water partition coefficient (Wildman–Crippen LogP) is 1.54. The first-order valence-corrected chi connectivity index (χ1v) is 9.92. The Hall–Kier alpha value is -3.89. The zero-order valence-electron chi connectivity index (χ0n) is 18.6. The van der Waals surface area contributed by atoms with Gasteiger partial charge in [0.25, 0.3) is 11.4 Å². The molecule has 3 rings (SSSR count). The number of esters is 3. The van der Waals surface area contributed by atoms with E-state index in [9.17, 15) is 41.1 Å². The maximum absolute atomic E-state index is 14.0. The number of hydrogen-bond acceptors (Lipinski definition) is 10. The van der Waals surface area contributed by atoms with Gasteiger partial charge in [-0.05, 0) is 0 Å². The van der Waals surface area contributed by atoms with Crippen LogP contribution in [-0.2, 0) is 33.3 Å². The van der Waals surface area contributed by atoms with E-state index in [1.54, 1.807) is 0 Å². The van der Waals surface area contributed by atoms with Crippen molar-refractivity contribution in [3.8, 4) is 0 Å². The van der Waals surface area contributed by atoms with Gasteiger partial charge in [-0.15, -0.1) is 0 Å². The average Bonchev–Trinajstić information content (AvgIpc) is 3.32. The summed E-state index contributed by atoms with van der Waals surface area (Å²) in [7, 11) is 0. The fourth-order valence-electron chi connectivity index (χ4n) is 3.38. The highest BCUT2D eigenvalue weighted by Crippen LogP contribution is 2.36. The largest absolute Gasteiger partial charge is 0.463 e. The second-order valence-electron chi connectivity index (χ2n) is 7.36.